The van der Waals surface area contributed by atoms with Crippen LogP contribution >= 0.6 is 15.9 Å². The summed E-state index contributed by atoms with van der Waals surface area (Å²) in [5, 5.41) is 2.98. The molecule has 1 aromatic carbocycles. The Balaban J connectivity index is 1.62. The number of amides is 2. The van der Waals surface area contributed by atoms with Gasteiger partial charge in [0.2, 0.25) is 11.8 Å². The number of halogens is 1. The number of hydrogen-bond acceptors (Lipinski definition) is 4. The molecule has 0 spiro atoms. The Morgan fingerprint density at radius 1 is 1.41 bits per heavy atom. The van der Waals surface area contributed by atoms with Crippen molar-refractivity contribution in [3.8, 4) is 0 Å². The minimum Gasteiger partial charge on any atom is -0.468 e. The summed E-state index contributed by atoms with van der Waals surface area (Å²) in [5.74, 6) is 0.334. The SMILES string of the molecule is Cc1cc(N2CC(C(=O)NCC(c3ccco3)N(C)C)CC2=O)ccc1Br. The van der Waals surface area contributed by atoms with Gasteiger partial charge < -0.3 is 14.6 Å². The first-order valence-electron chi connectivity index (χ1n) is 8.91. The number of hydrogen-bond donors (Lipinski definition) is 1. The summed E-state index contributed by atoms with van der Waals surface area (Å²) in [6.45, 7) is 2.81. The molecule has 27 heavy (non-hydrogen) atoms. The summed E-state index contributed by atoms with van der Waals surface area (Å²) in [5.41, 5.74) is 1.89. The molecule has 1 aliphatic heterocycles. The van der Waals surface area contributed by atoms with Gasteiger partial charge in [0, 0.05) is 29.7 Å². The van der Waals surface area contributed by atoms with E-state index in [1.807, 2.05) is 56.3 Å². The maximum Gasteiger partial charge on any atom is 0.227 e. The van der Waals surface area contributed by atoms with E-state index in [1.54, 1.807) is 11.2 Å². The molecule has 0 saturated carbocycles. The highest BCUT2D eigenvalue weighted by Crippen LogP contribution is 2.28. The molecular formula is C20H24BrN3O3. The van der Waals surface area contributed by atoms with Crippen molar-refractivity contribution in [2.75, 3.05) is 32.1 Å². The molecule has 1 aromatic heterocycles. The van der Waals surface area contributed by atoms with E-state index in [0.717, 1.165) is 21.5 Å². The van der Waals surface area contributed by atoms with Crippen LogP contribution in [-0.4, -0.2) is 43.9 Å². The van der Waals surface area contributed by atoms with Crippen LogP contribution in [0.2, 0.25) is 0 Å². The van der Waals surface area contributed by atoms with Gasteiger partial charge in [-0.2, -0.15) is 0 Å². The first-order chi connectivity index (χ1) is 12.9. The largest absolute Gasteiger partial charge is 0.468 e. The molecule has 2 aromatic rings. The highest BCUT2D eigenvalue weighted by Gasteiger charge is 2.35. The van der Waals surface area contributed by atoms with Gasteiger partial charge >= 0.3 is 0 Å². The summed E-state index contributed by atoms with van der Waals surface area (Å²) in [4.78, 5) is 28.8. The predicted molar refractivity (Wildman–Crippen MR) is 107 cm³/mol. The third kappa shape index (κ3) is 4.42. The highest BCUT2D eigenvalue weighted by atomic mass is 79.9. The minimum atomic E-state index is -0.346. The van der Waals surface area contributed by atoms with E-state index in [2.05, 4.69) is 21.2 Å². The number of nitrogens with one attached hydrogen (secondary N) is 1. The quantitative estimate of drug-likeness (QED) is 0.759. The average molecular weight is 434 g/mol. The lowest BCUT2D eigenvalue weighted by atomic mass is 10.1. The number of carbonyl (C=O) groups excluding carboxylic acids is 2. The lowest BCUT2D eigenvalue weighted by Gasteiger charge is -2.23. The van der Waals surface area contributed by atoms with E-state index < -0.39 is 0 Å². The van der Waals surface area contributed by atoms with Crippen LogP contribution in [-0.2, 0) is 9.59 Å². The molecule has 1 fully saturated rings. The van der Waals surface area contributed by atoms with Gasteiger partial charge in [0.15, 0.2) is 0 Å². The van der Waals surface area contributed by atoms with Crippen LogP contribution < -0.4 is 10.2 Å². The van der Waals surface area contributed by atoms with Crippen LogP contribution in [0.25, 0.3) is 0 Å². The number of likely N-dealkylation sites (N-methyl/N-ethyl adjacent to an activating group) is 1. The first kappa shape index (κ1) is 19.6. The molecule has 1 aliphatic rings. The molecule has 2 unspecified atom stereocenters. The Morgan fingerprint density at radius 2 is 2.19 bits per heavy atom. The second kappa shape index (κ2) is 8.27. The van der Waals surface area contributed by atoms with Crippen molar-refractivity contribution >= 4 is 33.4 Å². The van der Waals surface area contributed by atoms with E-state index in [-0.39, 0.29) is 30.2 Å². The van der Waals surface area contributed by atoms with Crippen molar-refractivity contribution in [2.24, 2.45) is 5.92 Å². The first-order valence-corrected chi connectivity index (χ1v) is 9.70. The monoisotopic (exact) mass is 433 g/mol. The molecule has 0 aliphatic carbocycles. The smallest absolute Gasteiger partial charge is 0.227 e. The standard InChI is InChI=1S/C20H24BrN3O3/c1-13-9-15(6-7-16(13)21)24-12-14(10-19(24)25)20(26)22-11-17(23(2)3)18-5-4-8-27-18/h4-9,14,17H,10-12H2,1-3H3,(H,22,26). The van der Waals surface area contributed by atoms with Gasteiger partial charge in [-0.05, 0) is 56.9 Å². The number of anilines is 1. The van der Waals surface area contributed by atoms with Crippen LogP contribution in [0.3, 0.4) is 0 Å². The molecule has 2 amide bonds. The number of nitrogens with zero attached hydrogens (tertiary/aromatic N) is 2. The maximum absolute atomic E-state index is 12.6. The van der Waals surface area contributed by atoms with Gasteiger partial charge in [-0.25, -0.2) is 0 Å². The van der Waals surface area contributed by atoms with E-state index in [9.17, 15) is 9.59 Å². The molecule has 1 saturated heterocycles. The molecule has 2 atom stereocenters. The molecule has 1 N–H and O–H groups in total. The van der Waals surface area contributed by atoms with Crippen LogP contribution in [0.1, 0.15) is 23.8 Å². The lowest BCUT2D eigenvalue weighted by molar-refractivity contribution is -0.126. The molecule has 7 heteroatoms. The number of aryl methyl sites for hydroxylation is 1. The van der Waals surface area contributed by atoms with E-state index in [4.69, 9.17) is 4.42 Å². The van der Waals surface area contributed by atoms with E-state index in [1.165, 1.54) is 0 Å². The van der Waals surface area contributed by atoms with Crippen molar-refractivity contribution in [2.45, 2.75) is 19.4 Å². The lowest BCUT2D eigenvalue weighted by Crippen LogP contribution is -2.38. The van der Waals surface area contributed by atoms with Gasteiger partial charge in [0.25, 0.3) is 0 Å². The maximum atomic E-state index is 12.6. The van der Waals surface area contributed by atoms with E-state index in [0.29, 0.717) is 13.1 Å². The zero-order chi connectivity index (χ0) is 19.6. The second-order valence-corrected chi connectivity index (χ2v) is 7.93. The van der Waals surface area contributed by atoms with E-state index >= 15 is 0 Å². The molecule has 144 valence electrons. The molecule has 6 nitrogen and oxygen atoms in total. The molecule has 0 radical (unpaired) electrons. The Morgan fingerprint density at radius 3 is 2.81 bits per heavy atom. The summed E-state index contributed by atoms with van der Waals surface area (Å²) < 4.78 is 6.47. The summed E-state index contributed by atoms with van der Waals surface area (Å²) >= 11 is 3.47. The highest BCUT2D eigenvalue weighted by molar-refractivity contribution is 9.10. The second-order valence-electron chi connectivity index (χ2n) is 7.08. The molecule has 2 heterocycles. The van der Waals surface area contributed by atoms with Crippen LogP contribution in [0, 0.1) is 12.8 Å². The van der Waals surface area contributed by atoms with Crippen molar-refractivity contribution in [1.82, 2.24) is 10.2 Å². The van der Waals surface area contributed by atoms with Gasteiger partial charge in [0.05, 0.1) is 18.2 Å². The van der Waals surface area contributed by atoms with Crippen molar-refractivity contribution in [3.05, 3.63) is 52.4 Å². The zero-order valence-electron chi connectivity index (χ0n) is 15.7. The Bertz CT molecular complexity index is 820. The third-order valence-corrected chi connectivity index (χ3v) is 5.80. The fourth-order valence-electron chi connectivity index (χ4n) is 3.29. The zero-order valence-corrected chi connectivity index (χ0v) is 17.3. The van der Waals surface area contributed by atoms with Crippen LogP contribution in [0.15, 0.2) is 45.5 Å². The summed E-state index contributed by atoms with van der Waals surface area (Å²) in [6, 6.07) is 9.46. The fourth-order valence-corrected chi connectivity index (χ4v) is 3.54. The Labute approximate surface area is 167 Å². The van der Waals surface area contributed by atoms with Gasteiger partial charge in [-0.1, -0.05) is 15.9 Å². The van der Waals surface area contributed by atoms with Gasteiger partial charge in [-0.3, -0.25) is 14.5 Å². The minimum absolute atomic E-state index is 0.0212. The average Bonchev–Trinajstić information content (AvgIpc) is 3.27. The Hall–Kier alpha value is -2.12. The van der Waals surface area contributed by atoms with Crippen molar-refractivity contribution in [1.29, 1.82) is 0 Å². The predicted octanol–water partition coefficient (Wildman–Crippen LogP) is 3.12. The fraction of sp³-hybridized carbons (Fsp3) is 0.400. The summed E-state index contributed by atoms with van der Waals surface area (Å²) in [7, 11) is 3.88. The number of benzene rings is 1. The van der Waals surface area contributed by atoms with Crippen molar-refractivity contribution in [3.63, 3.8) is 0 Å². The van der Waals surface area contributed by atoms with Crippen LogP contribution in [0.4, 0.5) is 5.69 Å². The number of carbonyl (C=O) groups is 2. The molecule has 3 rings (SSSR count). The molecular weight excluding hydrogens is 410 g/mol. The van der Waals surface area contributed by atoms with Gasteiger partial charge in [-0.15, -0.1) is 0 Å². The number of furan rings is 1. The topological polar surface area (TPSA) is 65.8 Å². The Kier molecular flexibility index (Phi) is 6.01. The van der Waals surface area contributed by atoms with Gasteiger partial charge in [0.1, 0.15) is 5.76 Å². The third-order valence-electron chi connectivity index (χ3n) is 4.91. The molecule has 0 bridgehead atoms. The van der Waals surface area contributed by atoms with Crippen LogP contribution in [0.5, 0.6) is 0 Å². The van der Waals surface area contributed by atoms with Crippen molar-refractivity contribution < 1.29 is 14.0 Å². The normalized spacial score (nSPS) is 18.2. The summed E-state index contributed by atoms with van der Waals surface area (Å²) in [6.07, 6.45) is 1.86. The number of rotatable bonds is 6.